The second-order valence-corrected chi connectivity index (χ2v) is 27.5. The Labute approximate surface area is 225 Å². The first-order valence-electron chi connectivity index (χ1n) is 15.8. The minimum absolute atomic E-state index is 0.103. The molecule has 1 N–H and O–H groups in total. The number of aliphatic hydroxyl groups is 1. The molecule has 5 rings (SSSR count). The van der Waals surface area contributed by atoms with Crippen LogP contribution in [-0.2, 0) is 9.47 Å². The number of fused-ring (bicyclic) bond motifs is 4. The molecule has 5 atom stereocenters. The van der Waals surface area contributed by atoms with E-state index in [1.165, 1.54) is 77.5 Å². The van der Waals surface area contributed by atoms with Gasteiger partial charge in [-0.1, -0.05) is 0 Å². The van der Waals surface area contributed by atoms with E-state index in [4.69, 9.17) is 9.47 Å². The number of rotatable bonds is 10. The minimum atomic E-state index is -2.63. The summed E-state index contributed by atoms with van der Waals surface area (Å²) >= 11 is -2.63. The molecule has 0 aromatic carbocycles. The number of unbranched alkanes of at least 4 members (excludes halogenated alkanes) is 3. The Balaban J connectivity index is 1.54. The molecule has 1 spiro atoms. The fourth-order valence-electron chi connectivity index (χ4n) is 9.46. The zero-order valence-corrected chi connectivity index (χ0v) is 26.7. The van der Waals surface area contributed by atoms with Crippen molar-refractivity contribution in [3.05, 3.63) is 22.8 Å². The van der Waals surface area contributed by atoms with Crippen molar-refractivity contribution in [1.82, 2.24) is 0 Å². The van der Waals surface area contributed by atoms with Crippen LogP contribution in [0.15, 0.2) is 22.8 Å². The predicted octanol–water partition coefficient (Wildman–Crippen LogP) is 8.56. The Morgan fingerprint density at radius 2 is 1.58 bits per heavy atom. The molecule has 0 bridgehead atoms. The van der Waals surface area contributed by atoms with Crippen LogP contribution in [0.4, 0.5) is 0 Å². The Morgan fingerprint density at radius 1 is 0.944 bits per heavy atom. The average molecular weight is 605 g/mol. The van der Waals surface area contributed by atoms with Gasteiger partial charge in [-0.25, -0.2) is 0 Å². The van der Waals surface area contributed by atoms with Crippen LogP contribution in [0.3, 0.4) is 0 Å². The van der Waals surface area contributed by atoms with Crippen LogP contribution >= 0.6 is 0 Å². The third-order valence-electron chi connectivity index (χ3n) is 11.5. The van der Waals surface area contributed by atoms with Crippen molar-refractivity contribution < 1.29 is 14.6 Å². The Hall–Kier alpha value is 0.159. The molecule has 2 fully saturated rings. The summed E-state index contributed by atoms with van der Waals surface area (Å²) in [5.74, 6) is 1.04. The summed E-state index contributed by atoms with van der Waals surface area (Å²) in [4.78, 5) is 0. The van der Waals surface area contributed by atoms with Gasteiger partial charge in [0.1, 0.15) is 0 Å². The van der Waals surface area contributed by atoms with Gasteiger partial charge < -0.3 is 0 Å². The van der Waals surface area contributed by atoms with Gasteiger partial charge >= 0.3 is 227 Å². The molecule has 1 saturated carbocycles. The molecule has 1 heterocycles. The van der Waals surface area contributed by atoms with Gasteiger partial charge in [-0.3, -0.25) is 0 Å². The Kier molecular flexibility index (Phi) is 8.73. The summed E-state index contributed by atoms with van der Waals surface area (Å²) in [7, 11) is 0. The summed E-state index contributed by atoms with van der Waals surface area (Å²) in [6.07, 6.45) is 18.8. The molecular formula is C32H54O3Sn. The Morgan fingerprint density at radius 3 is 2.19 bits per heavy atom. The van der Waals surface area contributed by atoms with E-state index in [1.54, 1.807) is 16.7 Å². The predicted molar refractivity (Wildman–Crippen MR) is 152 cm³/mol. The first-order valence-corrected chi connectivity index (χ1v) is 23.5. The summed E-state index contributed by atoms with van der Waals surface area (Å²) < 4.78 is 18.8. The summed E-state index contributed by atoms with van der Waals surface area (Å²) in [5.41, 5.74) is 5.26. The first-order chi connectivity index (χ1) is 17.4. The van der Waals surface area contributed by atoms with Gasteiger partial charge in [-0.05, 0) is 0 Å². The van der Waals surface area contributed by atoms with Gasteiger partial charge in [0.15, 0.2) is 0 Å². The van der Waals surface area contributed by atoms with Crippen LogP contribution in [0.5, 0.6) is 0 Å². The fraction of sp³-hybridized carbons (Fsp3) is 0.875. The van der Waals surface area contributed by atoms with E-state index < -0.39 is 18.4 Å². The van der Waals surface area contributed by atoms with Crippen molar-refractivity contribution in [2.45, 2.75) is 140 Å². The van der Waals surface area contributed by atoms with E-state index in [0.29, 0.717) is 15.8 Å². The second-order valence-electron chi connectivity index (χ2n) is 13.4. The third kappa shape index (κ3) is 4.72. The molecular weight excluding hydrogens is 551 g/mol. The van der Waals surface area contributed by atoms with Crippen LogP contribution < -0.4 is 0 Å². The molecule has 4 heteroatoms. The van der Waals surface area contributed by atoms with Gasteiger partial charge in [0, 0.05) is 0 Å². The molecule has 36 heavy (non-hydrogen) atoms. The first kappa shape index (κ1) is 27.7. The molecule has 0 aromatic heterocycles. The molecule has 4 aliphatic carbocycles. The zero-order valence-electron chi connectivity index (χ0n) is 23.9. The standard InChI is InChI=1S/C20H27O3.3C4H9.Sn/c1-19-8-6-15-14-7-9-20(22-10-11-23-20)12-13(14)2-3-16(15)17(19)4-5-18(19)21;3*1-3-4-2;/h6,9,16-18,21H,2-5,7-8,10-12H2,1H3;3*1,3-4H2,2H3;/t16-,17+,18-,19+;;;;/m1..../s1. The molecule has 0 aromatic rings. The number of ether oxygens (including phenoxy) is 2. The average Bonchev–Trinajstić information content (AvgIpc) is 3.47. The van der Waals surface area contributed by atoms with Crippen LogP contribution in [0.1, 0.15) is 111 Å². The number of hydrogen-bond acceptors (Lipinski definition) is 3. The van der Waals surface area contributed by atoms with Crippen molar-refractivity contribution in [2.24, 2.45) is 17.3 Å². The zero-order chi connectivity index (χ0) is 25.4. The number of allylic oxidation sites excluding steroid dienone is 3. The van der Waals surface area contributed by atoms with Crippen molar-refractivity contribution >= 4 is 18.4 Å². The second kappa shape index (κ2) is 11.3. The van der Waals surface area contributed by atoms with E-state index in [-0.39, 0.29) is 17.3 Å². The molecule has 1 aliphatic heterocycles. The van der Waals surface area contributed by atoms with Gasteiger partial charge in [-0.2, -0.15) is 0 Å². The molecule has 0 radical (unpaired) electrons. The molecule has 0 amide bonds. The van der Waals surface area contributed by atoms with Crippen LogP contribution in [0.2, 0.25) is 17.2 Å². The molecule has 5 aliphatic rings. The normalized spacial score (nSPS) is 35.5. The maximum absolute atomic E-state index is 10.9. The monoisotopic (exact) mass is 606 g/mol. The topological polar surface area (TPSA) is 38.7 Å². The molecule has 1 saturated heterocycles. The number of aliphatic hydroxyl groups excluding tert-OH is 1. The van der Waals surface area contributed by atoms with Crippen molar-refractivity contribution in [2.75, 3.05) is 13.2 Å². The summed E-state index contributed by atoms with van der Waals surface area (Å²) in [6.45, 7) is 11.1. The summed E-state index contributed by atoms with van der Waals surface area (Å²) in [5, 5.41) is 10.9. The third-order valence-corrected chi connectivity index (χ3v) is 29.1. The molecule has 204 valence electrons. The quantitative estimate of drug-likeness (QED) is 0.254. The van der Waals surface area contributed by atoms with Gasteiger partial charge in [-0.15, -0.1) is 0 Å². The van der Waals surface area contributed by atoms with E-state index >= 15 is 0 Å². The van der Waals surface area contributed by atoms with Gasteiger partial charge in [0.05, 0.1) is 0 Å². The molecule has 1 unspecified atom stereocenters. The van der Waals surface area contributed by atoms with Crippen LogP contribution in [0, 0.1) is 17.3 Å². The SMILES string of the molecule is CCC[CH2][Sn]([CH2]CCC)([CH2]CCC)[CH]1CC2=C(CC[C@@H]3C2=CC[C@]2(C)[C@H](O)CC[C@@H]32)CC12OCCO2. The van der Waals surface area contributed by atoms with Crippen molar-refractivity contribution in [3.63, 3.8) is 0 Å². The van der Waals surface area contributed by atoms with E-state index in [0.717, 1.165) is 32.5 Å². The van der Waals surface area contributed by atoms with Crippen molar-refractivity contribution in [1.29, 1.82) is 0 Å². The molecule has 3 nitrogen and oxygen atoms in total. The van der Waals surface area contributed by atoms with Crippen LogP contribution in [0.25, 0.3) is 0 Å². The summed E-state index contributed by atoms with van der Waals surface area (Å²) in [6, 6.07) is 0. The van der Waals surface area contributed by atoms with Crippen LogP contribution in [-0.4, -0.2) is 48.6 Å². The van der Waals surface area contributed by atoms with Gasteiger partial charge in [0.25, 0.3) is 0 Å². The van der Waals surface area contributed by atoms with E-state index in [1.807, 2.05) is 0 Å². The van der Waals surface area contributed by atoms with Crippen molar-refractivity contribution in [3.8, 4) is 0 Å². The van der Waals surface area contributed by atoms with Gasteiger partial charge in [0.2, 0.25) is 0 Å². The number of hydrogen-bond donors (Lipinski definition) is 1. The fourth-order valence-corrected chi connectivity index (χ4v) is 28.9. The Bertz CT molecular complexity index is 819. The maximum atomic E-state index is 10.9. The van der Waals surface area contributed by atoms with E-state index in [9.17, 15) is 5.11 Å². The van der Waals surface area contributed by atoms with E-state index in [2.05, 4.69) is 33.8 Å².